The number of thioether (sulfide) groups is 1. The molecule has 1 aliphatic heterocycles. The number of hydrogen-bond donors (Lipinski definition) is 1. The molecule has 3 heterocycles. The van der Waals surface area contributed by atoms with E-state index in [2.05, 4.69) is 20.5 Å². The normalized spacial score (nSPS) is 15.8. The van der Waals surface area contributed by atoms with Crippen molar-refractivity contribution in [3.05, 3.63) is 51.7 Å². The van der Waals surface area contributed by atoms with Crippen LogP contribution < -0.4 is 5.32 Å². The van der Waals surface area contributed by atoms with Gasteiger partial charge in [-0.05, 0) is 38.8 Å². The van der Waals surface area contributed by atoms with Gasteiger partial charge < -0.3 is 14.8 Å². The minimum atomic E-state index is -0.173. The van der Waals surface area contributed by atoms with Crippen LogP contribution in [0, 0.1) is 6.92 Å². The van der Waals surface area contributed by atoms with Crippen LogP contribution in [0.2, 0.25) is 5.02 Å². The van der Waals surface area contributed by atoms with Crippen molar-refractivity contribution >= 4 is 51.6 Å². The highest BCUT2D eigenvalue weighted by molar-refractivity contribution is 7.99. The van der Waals surface area contributed by atoms with Crippen molar-refractivity contribution in [2.45, 2.75) is 44.4 Å². The van der Waals surface area contributed by atoms with Crippen LogP contribution in [-0.2, 0) is 11.3 Å². The van der Waals surface area contributed by atoms with Crippen molar-refractivity contribution in [3.8, 4) is 0 Å². The van der Waals surface area contributed by atoms with E-state index in [1.165, 1.54) is 23.1 Å². The number of aromatic nitrogens is 4. The average molecular weight is 491 g/mol. The molecule has 1 atom stereocenters. The van der Waals surface area contributed by atoms with Crippen LogP contribution in [-0.4, -0.2) is 48.8 Å². The van der Waals surface area contributed by atoms with E-state index in [-0.39, 0.29) is 23.6 Å². The van der Waals surface area contributed by atoms with Crippen molar-refractivity contribution in [1.29, 1.82) is 0 Å². The van der Waals surface area contributed by atoms with Crippen molar-refractivity contribution in [2.75, 3.05) is 17.6 Å². The second kappa shape index (κ2) is 10.0. The summed E-state index contributed by atoms with van der Waals surface area (Å²) in [4.78, 5) is 31.5. The van der Waals surface area contributed by atoms with E-state index < -0.39 is 0 Å². The molecular weight excluding hydrogens is 468 g/mol. The summed E-state index contributed by atoms with van der Waals surface area (Å²) in [5.74, 6) is 0.692. The number of thiazole rings is 1. The Morgan fingerprint density at radius 3 is 2.84 bits per heavy atom. The summed E-state index contributed by atoms with van der Waals surface area (Å²) >= 11 is 8.98. The first kappa shape index (κ1) is 22.8. The van der Waals surface area contributed by atoms with Gasteiger partial charge in [0.2, 0.25) is 5.91 Å². The van der Waals surface area contributed by atoms with Gasteiger partial charge in [-0.2, -0.15) is 0 Å². The zero-order valence-electron chi connectivity index (χ0n) is 17.7. The molecule has 0 bridgehead atoms. The van der Waals surface area contributed by atoms with Crippen LogP contribution in [0.4, 0.5) is 5.13 Å². The standard InChI is InChI=1S/C21H23ClN6O2S2/c1-3-27-18(16-9-6-10-28(16)19(30)14-7-4-5-8-15(14)22)25-26-21(27)32-12-17(29)24-20-23-13(2)11-31-20/h4-5,7-8,11,16H,3,6,9-10,12H2,1-2H3,(H,23,24,29). The van der Waals surface area contributed by atoms with Gasteiger partial charge in [0.25, 0.3) is 5.91 Å². The van der Waals surface area contributed by atoms with Gasteiger partial charge in [0.1, 0.15) is 0 Å². The highest BCUT2D eigenvalue weighted by Gasteiger charge is 2.35. The second-order valence-electron chi connectivity index (χ2n) is 7.35. The Labute approximate surface area is 199 Å². The Bertz CT molecular complexity index is 1130. The first-order valence-corrected chi connectivity index (χ1v) is 12.6. The summed E-state index contributed by atoms with van der Waals surface area (Å²) in [6.45, 7) is 5.17. The Kier molecular flexibility index (Phi) is 7.12. The fraction of sp³-hybridized carbons (Fsp3) is 0.381. The van der Waals surface area contributed by atoms with Crippen LogP contribution in [0.3, 0.4) is 0 Å². The molecule has 2 amide bonds. The molecule has 0 spiro atoms. The van der Waals surface area contributed by atoms with Gasteiger partial charge in [-0.25, -0.2) is 4.98 Å². The van der Waals surface area contributed by atoms with Crippen molar-refractivity contribution in [1.82, 2.24) is 24.6 Å². The van der Waals surface area contributed by atoms with Gasteiger partial charge in [-0.15, -0.1) is 21.5 Å². The fourth-order valence-corrected chi connectivity index (χ4v) is 5.45. The number of hydrogen-bond acceptors (Lipinski definition) is 7. The van der Waals surface area contributed by atoms with Crippen LogP contribution in [0.5, 0.6) is 0 Å². The average Bonchev–Trinajstić information content (AvgIpc) is 3.51. The summed E-state index contributed by atoms with van der Waals surface area (Å²) in [6.07, 6.45) is 1.69. The van der Waals surface area contributed by atoms with Crippen molar-refractivity contribution in [2.24, 2.45) is 0 Å². The number of carbonyl (C=O) groups excluding carboxylic acids is 2. The third-order valence-corrected chi connectivity index (χ3v) is 7.35. The Hall–Kier alpha value is -2.43. The van der Waals surface area contributed by atoms with Crippen LogP contribution in [0.25, 0.3) is 0 Å². The lowest BCUT2D eigenvalue weighted by Gasteiger charge is -2.25. The summed E-state index contributed by atoms with van der Waals surface area (Å²) in [6, 6.07) is 6.91. The van der Waals surface area contributed by atoms with E-state index in [0.717, 1.165) is 24.4 Å². The third kappa shape index (κ3) is 4.82. The van der Waals surface area contributed by atoms with E-state index >= 15 is 0 Å². The third-order valence-electron chi connectivity index (χ3n) is 5.18. The molecule has 0 saturated carbocycles. The number of halogens is 1. The molecule has 1 fully saturated rings. The molecule has 32 heavy (non-hydrogen) atoms. The predicted octanol–water partition coefficient (Wildman–Crippen LogP) is 4.42. The minimum Gasteiger partial charge on any atom is -0.328 e. The van der Waals surface area contributed by atoms with E-state index in [0.29, 0.717) is 34.0 Å². The van der Waals surface area contributed by atoms with Crippen molar-refractivity contribution < 1.29 is 9.59 Å². The lowest BCUT2D eigenvalue weighted by atomic mass is 10.1. The van der Waals surface area contributed by atoms with E-state index in [4.69, 9.17) is 11.6 Å². The molecule has 4 rings (SSSR count). The molecule has 1 aromatic carbocycles. The highest BCUT2D eigenvalue weighted by atomic mass is 35.5. The Morgan fingerprint density at radius 2 is 2.12 bits per heavy atom. The van der Waals surface area contributed by atoms with E-state index in [1.807, 2.05) is 40.8 Å². The Morgan fingerprint density at radius 1 is 1.31 bits per heavy atom. The number of nitrogens with zero attached hydrogens (tertiary/aromatic N) is 5. The lowest BCUT2D eigenvalue weighted by Crippen LogP contribution is -2.32. The quantitative estimate of drug-likeness (QED) is 0.492. The maximum atomic E-state index is 13.2. The molecule has 0 radical (unpaired) electrons. The molecule has 168 valence electrons. The molecule has 1 saturated heterocycles. The zero-order valence-corrected chi connectivity index (χ0v) is 20.1. The largest absolute Gasteiger partial charge is 0.328 e. The summed E-state index contributed by atoms with van der Waals surface area (Å²) < 4.78 is 1.98. The van der Waals surface area contributed by atoms with Gasteiger partial charge in [-0.1, -0.05) is 35.5 Å². The smallest absolute Gasteiger partial charge is 0.255 e. The maximum absolute atomic E-state index is 13.2. The second-order valence-corrected chi connectivity index (χ2v) is 9.56. The fourth-order valence-electron chi connectivity index (χ4n) is 3.71. The Balaban J connectivity index is 1.47. The SMILES string of the molecule is CCn1c(SCC(=O)Nc2nc(C)cs2)nnc1C1CCCN1C(=O)c1ccccc1Cl. The molecular formula is C21H23ClN6O2S2. The maximum Gasteiger partial charge on any atom is 0.255 e. The van der Waals surface area contributed by atoms with Crippen LogP contribution in [0.15, 0.2) is 34.8 Å². The molecule has 1 N–H and O–H groups in total. The molecule has 3 aromatic rings. The van der Waals surface area contributed by atoms with Gasteiger partial charge in [0.15, 0.2) is 16.1 Å². The first-order valence-electron chi connectivity index (χ1n) is 10.3. The monoisotopic (exact) mass is 490 g/mol. The lowest BCUT2D eigenvalue weighted by molar-refractivity contribution is -0.113. The summed E-state index contributed by atoms with van der Waals surface area (Å²) in [5.41, 5.74) is 1.37. The van der Waals surface area contributed by atoms with Gasteiger partial charge >= 0.3 is 0 Å². The molecule has 8 nitrogen and oxygen atoms in total. The molecule has 0 aliphatic carbocycles. The molecule has 2 aromatic heterocycles. The van der Waals surface area contributed by atoms with E-state index in [1.54, 1.807) is 12.1 Å². The molecule has 1 unspecified atom stereocenters. The van der Waals surface area contributed by atoms with Gasteiger partial charge in [0.05, 0.1) is 28.1 Å². The van der Waals surface area contributed by atoms with E-state index in [9.17, 15) is 9.59 Å². The number of likely N-dealkylation sites (tertiary alicyclic amines) is 1. The highest BCUT2D eigenvalue weighted by Crippen LogP contribution is 2.34. The molecule has 1 aliphatic rings. The van der Waals surface area contributed by atoms with Crippen molar-refractivity contribution in [3.63, 3.8) is 0 Å². The number of benzene rings is 1. The zero-order chi connectivity index (χ0) is 22.7. The summed E-state index contributed by atoms with van der Waals surface area (Å²) in [7, 11) is 0. The minimum absolute atomic E-state index is 0.101. The number of rotatable bonds is 7. The number of carbonyl (C=O) groups is 2. The number of amides is 2. The topological polar surface area (TPSA) is 93.0 Å². The van der Waals surface area contributed by atoms with Gasteiger partial charge in [-0.3, -0.25) is 9.59 Å². The summed E-state index contributed by atoms with van der Waals surface area (Å²) in [5, 5.41) is 15.1. The first-order chi connectivity index (χ1) is 15.5. The van der Waals surface area contributed by atoms with Crippen LogP contribution >= 0.6 is 34.7 Å². The number of nitrogens with one attached hydrogen (secondary N) is 1. The predicted molar refractivity (Wildman–Crippen MR) is 126 cm³/mol. The van der Waals surface area contributed by atoms with Gasteiger partial charge in [0, 0.05) is 18.5 Å². The number of aryl methyl sites for hydroxylation is 1. The number of anilines is 1. The van der Waals surface area contributed by atoms with Crippen LogP contribution in [0.1, 0.15) is 47.7 Å². The molecule has 11 heteroatoms.